The van der Waals surface area contributed by atoms with Crippen molar-refractivity contribution in [3.63, 3.8) is 0 Å². The Kier molecular flexibility index (Phi) is 5.28. The van der Waals surface area contributed by atoms with Crippen LogP contribution in [0.2, 0.25) is 5.02 Å². The maximum Gasteiger partial charge on any atom is 0.301 e. The Hall–Kier alpha value is -3.23. The molecule has 0 spiro atoms. The van der Waals surface area contributed by atoms with Crippen molar-refractivity contribution >= 4 is 34.3 Å². The van der Waals surface area contributed by atoms with E-state index in [4.69, 9.17) is 16.3 Å². The van der Waals surface area contributed by atoms with Gasteiger partial charge in [-0.05, 0) is 49.4 Å². The van der Waals surface area contributed by atoms with Crippen LogP contribution in [0.4, 0.5) is 11.4 Å². The Morgan fingerprint density at radius 3 is 2.69 bits per heavy atom. The minimum Gasteiger partial charge on any atom is -0.497 e. The highest BCUT2D eigenvalue weighted by atomic mass is 35.5. The maximum atomic E-state index is 12.8. The van der Waals surface area contributed by atoms with Gasteiger partial charge in [-0.1, -0.05) is 17.7 Å². The largest absolute Gasteiger partial charge is 0.497 e. The number of thiazole rings is 1. The van der Waals surface area contributed by atoms with Gasteiger partial charge in [-0.15, -0.1) is 16.5 Å². The third-order valence-electron chi connectivity index (χ3n) is 4.18. The number of aryl methyl sites for hydroxylation is 1. The van der Waals surface area contributed by atoms with E-state index in [1.807, 2.05) is 29.6 Å². The minimum absolute atomic E-state index is 0.228. The number of methoxy groups -OCH3 is 1. The van der Waals surface area contributed by atoms with Crippen LogP contribution in [0.5, 0.6) is 5.75 Å². The van der Waals surface area contributed by atoms with E-state index >= 15 is 0 Å². The quantitative estimate of drug-likeness (QED) is 0.418. The lowest BCUT2D eigenvalue weighted by atomic mass is 10.2. The molecule has 0 unspecified atom stereocenters. The number of hydrogen-bond donors (Lipinski definition) is 1. The van der Waals surface area contributed by atoms with Crippen LogP contribution in [-0.2, 0) is 0 Å². The number of nitrogens with zero attached hydrogens (tertiary/aromatic N) is 4. The zero-order valence-electron chi connectivity index (χ0n) is 15.6. The first-order chi connectivity index (χ1) is 14.0. The number of aromatic nitrogens is 3. The summed E-state index contributed by atoms with van der Waals surface area (Å²) in [5, 5.41) is 14.2. The van der Waals surface area contributed by atoms with Crippen molar-refractivity contribution in [3.8, 4) is 22.1 Å². The van der Waals surface area contributed by atoms with Gasteiger partial charge < -0.3 is 4.74 Å². The van der Waals surface area contributed by atoms with E-state index < -0.39 is 0 Å². The van der Waals surface area contributed by atoms with Crippen LogP contribution >= 0.6 is 22.9 Å². The second kappa shape index (κ2) is 8.02. The molecule has 0 aliphatic rings. The minimum atomic E-state index is -0.316. The Morgan fingerprint density at radius 2 is 1.97 bits per heavy atom. The molecule has 4 rings (SSSR count). The van der Waals surface area contributed by atoms with Crippen LogP contribution in [0, 0.1) is 6.92 Å². The molecule has 0 atom stereocenters. The molecule has 0 bridgehead atoms. The van der Waals surface area contributed by atoms with Gasteiger partial charge in [-0.3, -0.25) is 9.89 Å². The first-order valence-corrected chi connectivity index (χ1v) is 9.90. The van der Waals surface area contributed by atoms with E-state index in [1.165, 1.54) is 16.0 Å². The van der Waals surface area contributed by atoms with E-state index in [1.54, 1.807) is 38.3 Å². The number of hydrogen-bond acceptors (Lipinski definition) is 6. The second-order valence-electron chi connectivity index (χ2n) is 6.15. The molecule has 146 valence electrons. The summed E-state index contributed by atoms with van der Waals surface area (Å²) in [6.45, 7) is 1.77. The van der Waals surface area contributed by atoms with Gasteiger partial charge >= 0.3 is 5.56 Å². The summed E-state index contributed by atoms with van der Waals surface area (Å²) in [4.78, 5) is 17.4. The molecule has 0 radical (unpaired) electrons. The lowest BCUT2D eigenvalue weighted by Crippen LogP contribution is -2.13. The summed E-state index contributed by atoms with van der Waals surface area (Å²) in [7, 11) is 1.62. The van der Waals surface area contributed by atoms with Crippen LogP contribution in [0.1, 0.15) is 5.69 Å². The van der Waals surface area contributed by atoms with Crippen molar-refractivity contribution in [3.05, 3.63) is 75.0 Å². The first kappa shape index (κ1) is 19.1. The number of ether oxygens (including phenoxy) is 1. The van der Waals surface area contributed by atoms with Crippen LogP contribution < -0.4 is 10.3 Å². The Labute approximate surface area is 175 Å². The van der Waals surface area contributed by atoms with E-state index in [0.29, 0.717) is 21.5 Å². The van der Waals surface area contributed by atoms with Crippen molar-refractivity contribution < 1.29 is 4.74 Å². The molecule has 7 nitrogen and oxygen atoms in total. The van der Waals surface area contributed by atoms with E-state index in [9.17, 15) is 4.79 Å². The number of rotatable bonds is 5. The number of H-pyrrole nitrogens is 1. The first-order valence-electron chi connectivity index (χ1n) is 8.64. The fraction of sp³-hybridized carbons (Fsp3) is 0.100. The second-order valence-corrected chi connectivity index (χ2v) is 7.42. The molecule has 2 heterocycles. The number of nitrogens with one attached hydrogen (secondary N) is 1. The fourth-order valence-electron chi connectivity index (χ4n) is 2.70. The molecule has 0 amide bonds. The molecule has 0 aliphatic carbocycles. The van der Waals surface area contributed by atoms with Crippen LogP contribution in [0.15, 0.2) is 68.9 Å². The Morgan fingerprint density at radius 1 is 1.17 bits per heavy atom. The van der Waals surface area contributed by atoms with Crippen molar-refractivity contribution in [2.75, 3.05) is 7.11 Å². The normalized spacial score (nSPS) is 11.3. The van der Waals surface area contributed by atoms with Crippen LogP contribution in [0.3, 0.4) is 0 Å². The highest BCUT2D eigenvalue weighted by molar-refractivity contribution is 7.12. The highest BCUT2D eigenvalue weighted by Crippen LogP contribution is 2.26. The molecule has 0 fully saturated rings. The number of aromatic amines is 1. The molecule has 4 aromatic rings. The lowest BCUT2D eigenvalue weighted by molar-refractivity contribution is 0.415. The van der Waals surface area contributed by atoms with Gasteiger partial charge in [0.1, 0.15) is 5.75 Å². The van der Waals surface area contributed by atoms with Crippen molar-refractivity contribution in [1.82, 2.24) is 14.8 Å². The topological polar surface area (TPSA) is 84.6 Å². The zero-order valence-corrected chi connectivity index (χ0v) is 17.2. The third-order valence-corrected chi connectivity index (χ3v) is 5.24. The monoisotopic (exact) mass is 425 g/mol. The summed E-state index contributed by atoms with van der Waals surface area (Å²) < 4.78 is 6.55. The van der Waals surface area contributed by atoms with E-state index in [-0.39, 0.29) is 11.2 Å². The Bertz CT molecular complexity index is 1240. The molecule has 0 saturated carbocycles. The average molecular weight is 426 g/mol. The standard InChI is InChI=1S/C20H16ClN5O2S/c1-12-18(24-23-15-5-3-4-14(21)10-15)19(27)26(25-12)20-22-17(11-29-20)13-6-8-16(28-2)9-7-13/h3-11,25H,1-2H3. The highest BCUT2D eigenvalue weighted by Gasteiger charge is 2.15. The smallest absolute Gasteiger partial charge is 0.301 e. The lowest BCUT2D eigenvalue weighted by Gasteiger charge is -2.00. The summed E-state index contributed by atoms with van der Waals surface area (Å²) in [5.41, 5.74) is 2.79. The molecular formula is C20H16ClN5O2S. The molecule has 2 aromatic carbocycles. The van der Waals surface area contributed by atoms with Gasteiger partial charge in [0.15, 0.2) is 5.69 Å². The predicted octanol–water partition coefficient (Wildman–Crippen LogP) is 5.67. The third kappa shape index (κ3) is 3.98. The fourth-order valence-corrected chi connectivity index (χ4v) is 3.67. The van der Waals surface area contributed by atoms with Crippen LogP contribution in [-0.4, -0.2) is 21.9 Å². The Balaban J connectivity index is 1.64. The van der Waals surface area contributed by atoms with Gasteiger partial charge in [0.2, 0.25) is 5.13 Å². The van der Waals surface area contributed by atoms with Crippen molar-refractivity contribution in [2.45, 2.75) is 6.92 Å². The van der Waals surface area contributed by atoms with Crippen molar-refractivity contribution in [1.29, 1.82) is 0 Å². The molecular weight excluding hydrogens is 410 g/mol. The van der Waals surface area contributed by atoms with Gasteiger partial charge in [-0.2, -0.15) is 9.80 Å². The molecule has 0 saturated heterocycles. The van der Waals surface area contributed by atoms with Crippen molar-refractivity contribution in [2.24, 2.45) is 10.2 Å². The summed E-state index contributed by atoms with van der Waals surface area (Å²) in [5.74, 6) is 0.773. The van der Waals surface area contributed by atoms with Crippen LogP contribution in [0.25, 0.3) is 16.4 Å². The summed E-state index contributed by atoms with van der Waals surface area (Å²) >= 11 is 7.32. The number of benzene rings is 2. The maximum absolute atomic E-state index is 12.8. The van der Waals surface area contributed by atoms with E-state index in [0.717, 1.165) is 17.0 Å². The average Bonchev–Trinajstić information content (AvgIpc) is 3.32. The number of halogens is 1. The molecule has 9 heteroatoms. The molecule has 1 N–H and O–H groups in total. The van der Waals surface area contributed by atoms with E-state index in [2.05, 4.69) is 20.3 Å². The predicted molar refractivity (Wildman–Crippen MR) is 114 cm³/mol. The molecule has 0 aliphatic heterocycles. The zero-order chi connectivity index (χ0) is 20.4. The van der Waals surface area contributed by atoms with Gasteiger partial charge in [0.05, 0.1) is 24.2 Å². The molecule has 2 aromatic heterocycles. The van der Waals surface area contributed by atoms with Gasteiger partial charge in [0.25, 0.3) is 0 Å². The van der Waals surface area contributed by atoms with Gasteiger partial charge in [-0.25, -0.2) is 4.98 Å². The summed E-state index contributed by atoms with van der Waals surface area (Å²) in [6, 6.07) is 14.5. The number of azo groups is 1. The van der Waals surface area contributed by atoms with Gasteiger partial charge in [0, 0.05) is 16.0 Å². The SMILES string of the molecule is COc1ccc(-c2csc(-n3[nH]c(C)c(N=Nc4cccc(Cl)c4)c3=O)n2)cc1. The summed E-state index contributed by atoms with van der Waals surface area (Å²) in [6.07, 6.45) is 0. The molecule has 29 heavy (non-hydrogen) atoms.